The third-order valence-electron chi connectivity index (χ3n) is 2.20. The Balaban J connectivity index is 3.28. The number of methoxy groups -OCH3 is 1. The lowest BCUT2D eigenvalue weighted by Gasteiger charge is -2.09. The summed E-state index contributed by atoms with van der Waals surface area (Å²) in [5, 5.41) is 8.82. The van der Waals surface area contributed by atoms with Gasteiger partial charge in [0.1, 0.15) is 6.07 Å². The van der Waals surface area contributed by atoms with E-state index in [4.69, 9.17) is 16.9 Å². The number of hydrogen-bond acceptors (Lipinski definition) is 4. The van der Waals surface area contributed by atoms with E-state index < -0.39 is 18.0 Å². The molecule has 18 heavy (non-hydrogen) atoms. The molecule has 0 fully saturated rings. The molecule has 0 aromatic carbocycles. The van der Waals surface area contributed by atoms with E-state index in [1.165, 1.54) is 7.11 Å². The zero-order chi connectivity index (χ0) is 13.7. The Labute approximate surface area is 107 Å². The van der Waals surface area contributed by atoms with Crippen LogP contribution in [0.3, 0.4) is 0 Å². The summed E-state index contributed by atoms with van der Waals surface area (Å²) in [4.78, 5) is 15.0. The SMILES string of the molecule is COC(=O)Cc1cc(C(F)F)c(C#N)c(CCl)n1. The van der Waals surface area contributed by atoms with Gasteiger partial charge in [-0.25, -0.2) is 8.78 Å². The van der Waals surface area contributed by atoms with Gasteiger partial charge in [-0.15, -0.1) is 11.6 Å². The molecule has 0 aliphatic heterocycles. The normalized spacial score (nSPS) is 10.2. The van der Waals surface area contributed by atoms with Crippen molar-refractivity contribution in [2.24, 2.45) is 0 Å². The van der Waals surface area contributed by atoms with Crippen molar-refractivity contribution in [3.05, 3.63) is 28.6 Å². The minimum absolute atomic E-state index is 0.0378. The van der Waals surface area contributed by atoms with Crippen LogP contribution in [-0.2, 0) is 21.8 Å². The van der Waals surface area contributed by atoms with Gasteiger partial charge in [0.2, 0.25) is 0 Å². The quantitative estimate of drug-likeness (QED) is 0.624. The molecule has 0 saturated carbocycles. The second kappa shape index (κ2) is 6.26. The molecule has 1 rings (SSSR count). The molecule has 4 nitrogen and oxygen atoms in total. The summed E-state index contributed by atoms with van der Waals surface area (Å²) in [5.74, 6) is -0.787. The fraction of sp³-hybridized carbons (Fsp3) is 0.364. The monoisotopic (exact) mass is 274 g/mol. The van der Waals surface area contributed by atoms with Crippen molar-refractivity contribution in [1.82, 2.24) is 4.98 Å². The molecule has 0 unspecified atom stereocenters. The third kappa shape index (κ3) is 3.14. The molecule has 0 aliphatic rings. The molecule has 0 radical (unpaired) electrons. The Morgan fingerprint density at radius 3 is 2.78 bits per heavy atom. The number of carbonyl (C=O) groups excluding carboxylic acids is 1. The number of alkyl halides is 3. The van der Waals surface area contributed by atoms with Crippen molar-refractivity contribution in [3.8, 4) is 6.07 Å². The molecule has 0 bridgehead atoms. The predicted molar refractivity (Wildman–Crippen MR) is 59.2 cm³/mol. The van der Waals surface area contributed by atoms with E-state index in [1.807, 2.05) is 0 Å². The van der Waals surface area contributed by atoms with Crippen LogP contribution in [0.5, 0.6) is 0 Å². The second-order valence-corrected chi connectivity index (χ2v) is 3.59. The average molecular weight is 275 g/mol. The minimum atomic E-state index is -2.83. The number of carbonyl (C=O) groups is 1. The van der Waals surface area contributed by atoms with Gasteiger partial charge in [-0.1, -0.05) is 0 Å². The Bertz CT molecular complexity index is 501. The van der Waals surface area contributed by atoms with Crippen molar-refractivity contribution in [2.75, 3.05) is 7.11 Å². The maximum absolute atomic E-state index is 12.8. The minimum Gasteiger partial charge on any atom is -0.469 e. The van der Waals surface area contributed by atoms with E-state index in [1.54, 1.807) is 6.07 Å². The lowest BCUT2D eigenvalue weighted by molar-refractivity contribution is -0.139. The summed E-state index contributed by atoms with van der Waals surface area (Å²) in [7, 11) is 1.18. The molecule has 96 valence electrons. The molecule has 0 amide bonds. The van der Waals surface area contributed by atoms with Gasteiger partial charge in [0.25, 0.3) is 6.43 Å². The van der Waals surface area contributed by atoms with Crippen LogP contribution in [0.1, 0.15) is 28.9 Å². The first kappa shape index (κ1) is 14.3. The molecule has 0 aliphatic carbocycles. The van der Waals surface area contributed by atoms with Crippen LogP contribution in [-0.4, -0.2) is 18.1 Å². The molecule has 1 aromatic rings. The summed E-state index contributed by atoms with van der Waals surface area (Å²) < 4.78 is 30.0. The molecule has 0 saturated heterocycles. The number of hydrogen-bond donors (Lipinski definition) is 0. The molecular formula is C11H9ClF2N2O2. The Kier molecular flexibility index (Phi) is 4.98. The summed E-state index contributed by atoms with van der Waals surface area (Å²) in [6.45, 7) is 0. The Hall–Kier alpha value is -1.74. The Morgan fingerprint density at radius 2 is 2.33 bits per heavy atom. The largest absolute Gasteiger partial charge is 0.469 e. The zero-order valence-electron chi connectivity index (χ0n) is 9.41. The van der Waals surface area contributed by atoms with E-state index in [2.05, 4.69) is 9.72 Å². The maximum Gasteiger partial charge on any atom is 0.311 e. The zero-order valence-corrected chi connectivity index (χ0v) is 10.2. The van der Waals surface area contributed by atoms with Crippen molar-refractivity contribution in [1.29, 1.82) is 5.26 Å². The second-order valence-electron chi connectivity index (χ2n) is 3.32. The molecule has 0 spiro atoms. The predicted octanol–water partition coefficient (Wildman–Crippen LogP) is 2.35. The van der Waals surface area contributed by atoms with Crippen LogP contribution in [0, 0.1) is 11.3 Å². The van der Waals surface area contributed by atoms with Crippen LogP contribution in [0.4, 0.5) is 8.78 Å². The summed E-state index contributed by atoms with van der Waals surface area (Å²) in [5.41, 5.74) is -0.571. The van der Waals surface area contributed by atoms with Gasteiger partial charge in [-0.05, 0) is 6.07 Å². The van der Waals surface area contributed by atoms with E-state index in [-0.39, 0.29) is 29.3 Å². The number of pyridine rings is 1. The molecular weight excluding hydrogens is 266 g/mol. The van der Waals surface area contributed by atoms with Gasteiger partial charge in [-0.3, -0.25) is 9.78 Å². The van der Waals surface area contributed by atoms with E-state index in [0.717, 1.165) is 6.07 Å². The lowest BCUT2D eigenvalue weighted by atomic mass is 10.1. The fourth-order valence-electron chi connectivity index (χ4n) is 1.39. The highest BCUT2D eigenvalue weighted by Crippen LogP contribution is 2.26. The number of halogens is 3. The fourth-order valence-corrected chi connectivity index (χ4v) is 1.58. The van der Waals surface area contributed by atoms with Gasteiger partial charge in [-0.2, -0.15) is 5.26 Å². The topological polar surface area (TPSA) is 63.0 Å². The highest BCUT2D eigenvalue weighted by atomic mass is 35.5. The van der Waals surface area contributed by atoms with E-state index in [9.17, 15) is 13.6 Å². The number of ether oxygens (including phenoxy) is 1. The first-order valence-corrected chi connectivity index (χ1v) is 5.40. The summed E-state index contributed by atoms with van der Waals surface area (Å²) in [6.07, 6.45) is -3.08. The summed E-state index contributed by atoms with van der Waals surface area (Å²) >= 11 is 5.56. The highest BCUT2D eigenvalue weighted by Gasteiger charge is 2.19. The standard InChI is InChI=1S/C11H9ClF2N2O2/c1-18-10(17)3-6-2-7(11(13)14)8(5-15)9(4-12)16-6/h2,11H,3-4H2,1H3. The molecule has 0 N–H and O–H groups in total. The lowest BCUT2D eigenvalue weighted by Crippen LogP contribution is -2.09. The van der Waals surface area contributed by atoms with E-state index in [0.29, 0.717) is 0 Å². The van der Waals surface area contributed by atoms with Crippen LogP contribution in [0.15, 0.2) is 6.07 Å². The Morgan fingerprint density at radius 1 is 1.67 bits per heavy atom. The smallest absolute Gasteiger partial charge is 0.311 e. The first-order valence-electron chi connectivity index (χ1n) is 4.87. The van der Waals surface area contributed by atoms with Crippen LogP contribution >= 0.6 is 11.6 Å². The number of aromatic nitrogens is 1. The van der Waals surface area contributed by atoms with Gasteiger partial charge >= 0.3 is 5.97 Å². The summed E-state index contributed by atoms with van der Waals surface area (Å²) in [6, 6.07) is 2.67. The van der Waals surface area contributed by atoms with Crippen LogP contribution in [0.2, 0.25) is 0 Å². The van der Waals surface area contributed by atoms with Crippen molar-refractivity contribution < 1.29 is 18.3 Å². The van der Waals surface area contributed by atoms with Crippen molar-refractivity contribution in [2.45, 2.75) is 18.7 Å². The van der Waals surface area contributed by atoms with Gasteiger partial charge in [0.05, 0.1) is 36.4 Å². The van der Waals surface area contributed by atoms with Crippen LogP contribution < -0.4 is 0 Å². The number of esters is 1. The van der Waals surface area contributed by atoms with Crippen LogP contribution in [0.25, 0.3) is 0 Å². The maximum atomic E-state index is 12.8. The molecule has 7 heteroatoms. The molecule has 0 atom stereocenters. The number of nitrogens with zero attached hydrogens (tertiary/aromatic N) is 2. The number of rotatable bonds is 4. The van der Waals surface area contributed by atoms with Gasteiger partial charge < -0.3 is 4.74 Å². The average Bonchev–Trinajstić information content (AvgIpc) is 2.37. The third-order valence-corrected chi connectivity index (χ3v) is 2.46. The van der Waals surface area contributed by atoms with Crippen molar-refractivity contribution >= 4 is 17.6 Å². The first-order chi connectivity index (χ1) is 8.53. The van der Waals surface area contributed by atoms with Crippen molar-refractivity contribution in [3.63, 3.8) is 0 Å². The van der Waals surface area contributed by atoms with Gasteiger partial charge in [0.15, 0.2) is 0 Å². The highest BCUT2D eigenvalue weighted by molar-refractivity contribution is 6.17. The van der Waals surface area contributed by atoms with Gasteiger partial charge in [0, 0.05) is 5.56 Å². The van der Waals surface area contributed by atoms with E-state index >= 15 is 0 Å². The molecule has 1 heterocycles. The number of nitriles is 1. The molecule has 1 aromatic heterocycles.